The third-order valence-electron chi connectivity index (χ3n) is 3.94. The molecule has 1 aromatic heterocycles. The molecule has 1 aromatic carbocycles. The highest BCUT2D eigenvalue weighted by Crippen LogP contribution is 2.24. The molecule has 1 N–H and O–H groups in total. The second kappa shape index (κ2) is 8.28. The largest absolute Gasteiger partial charge is 0.496 e. The SMILES string of the molecule is COc1ccc(Cl)cc1CN1CCOC(CNc2cccnn2)C1. The van der Waals surface area contributed by atoms with Gasteiger partial charge in [-0.15, -0.1) is 5.10 Å². The first kappa shape index (κ1) is 17.0. The van der Waals surface area contributed by atoms with Gasteiger partial charge in [0.05, 0.1) is 19.8 Å². The number of aromatic nitrogens is 2. The summed E-state index contributed by atoms with van der Waals surface area (Å²) in [5, 5.41) is 11.9. The molecule has 3 rings (SSSR count). The molecule has 1 atom stereocenters. The van der Waals surface area contributed by atoms with E-state index >= 15 is 0 Å². The minimum absolute atomic E-state index is 0.103. The molecule has 24 heavy (non-hydrogen) atoms. The van der Waals surface area contributed by atoms with Crippen molar-refractivity contribution < 1.29 is 9.47 Å². The van der Waals surface area contributed by atoms with Crippen molar-refractivity contribution in [3.63, 3.8) is 0 Å². The van der Waals surface area contributed by atoms with Crippen LogP contribution in [0.25, 0.3) is 0 Å². The number of ether oxygens (including phenoxy) is 2. The molecule has 0 spiro atoms. The first-order valence-corrected chi connectivity index (χ1v) is 8.30. The van der Waals surface area contributed by atoms with Crippen LogP contribution in [0.3, 0.4) is 0 Å². The van der Waals surface area contributed by atoms with E-state index in [1.54, 1.807) is 13.3 Å². The van der Waals surface area contributed by atoms with Gasteiger partial charge in [-0.2, -0.15) is 5.10 Å². The predicted molar refractivity (Wildman–Crippen MR) is 93.5 cm³/mol. The molecule has 128 valence electrons. The summed E-state index contributed by atoms with van der Waals surface area (Å²) < 4.78 is 11.3. The highest BCUT2D eigenvalue weighted by atomic mass is 35.5. The van der Waals surface area contributed by atoms with Crippen LogP contribution in [0.1, 0.15) is 5.56 Å². The minimum atomic E-state index is 0.103. The van der Waals surface area contributed by atoms with Crippen molar-refractivity contribution in [3.05, 3.63) is 47.1 Å². The summed E-state index contributed by atoms with van der Waals surface area (Å²) in [7, 11) is 1.68. The second-order valence-electron chi connectivity index (χ2n) is 5.67. The number of benzene rings is 1. The third kappa shape index (κ3) is 4.56. The molecule has 7 heteroatoms. The average molecular weight is 349 g/mol. The number of morpholine rings is 1. The van der Waals surface area contributed by atoms with Crippen LogP contribution in [-0.4, -0.2) is 54.6 Å². The molecule has 0 saturated carbocycles. The summed E-state index contributed by atoms with van der Waals surface area (Å²) in [6.45, 7) is 3.91. The number of nitrogens with zero attached hydrogens (tertiary/aromatic N) is 3. The lowest BCUT2D eigenvalue weighted by Crippen LogP contribution is -2.44. The van der Waals surface area contributed by atoms with Gasteiger partial charge in [0.25, 0.3) is 0 Å². The number of hydrogen-bond acceptors (Lipinski definition) is 6. The van der Waals surface area contributed by atoms with Gasteiger partial charge in [0, 0.05) is 43.0 Å². The smallest absolute Gasteiger partial charge is 0.148 e. The van der Waals surface area contributed by atoms with Gasteiger partial charge in [-0.25, -0.2) is 0 Å². The highest BCUT2D eigenvalue weighted by molar-refractivity contribution is 6.30. The van der Waals surface area contributed by atoms with Gasteiger partial charge in [-0.3, -0.25) is 4.90 Å². The van der Waals surface area contributed by atoms with E-state index in [9.17, 15) is 0 Å². The van der Waals surface area contributed by atoms with Crippen molar-refractivity contribution in [2.75, 3.05) is 38.7 Å². The first-order chi connectivity index (χ1) is 11.7. The molecule has 2 heterocycles. The summed E-state index contributed by atoms with van der Waals surface area (Å²) >= 11 is 6.12. The number of anilines is 1. The van der Waals surface area contributed by atoms with Gasteiger partial charge in [-0.05, 0) is 30.3 Å². The van der Waals surface area contributed by atoms with E-state index in [1.165, 1.54) is 0 Å². The van der Waals surface area contributed by atoms with Crippen molar-refractivity contribution in [3.8, 4) is 5.75 Å². The van der Waals surface area contributed by atoms with Crippen LogP contribution < -0.4 is 10.1 Å². The highest BCUT2D eigenvalue weighted by Gasteiger charge is 2.21. The Balaban J connectivity index is 1.56. The minimum Gasteiger partial charge on any atom is -0.496 e. The van der Waals surface area contributed by atoms with E-state index in [2.05, 4.69) is 20.4 Å². The molecule has 1 unspecified atom stereocenters. The lowest BCUT2D eigenvalue weighted by atomic mass is 10.1. The van der Waals surface area contributed by atoms with Crippen molar-refractivity contribution >= 4 is 17.4 Å². The molecule has 0 aliphatic carbocycles. The maximum atomic E-state index is 6.12. The fraction of sp³-hybridized carbons (Fsp3) is 0.412. The zero-order valence-corrected chi connectivity index (χ0v) is 14.4. The molecule has 1 saturated heterocycles. The van der Waals surface area contributed by atoms with Crippen molar-refractivity contribution in [2.45, 2.75) is 12.6 Å². The predicted octanol–water partition coefficient (Wildman–Crippen LogP) is 2.45. The Morgan fingerprint density at radius 3 is 3.12 bits per heavy atom. The zero-order valence-electron chi connectivity index (χ0n) is 13.6. The van der Waals surface area contributed by atoms with Crippen LogP contribution in [0.4, 0.5) is 5.82 Å². The summed E-state index contributed by atoms with van der Waals surface area (Å²) in [6, 6.07) is 9.46. The van der Waals surface area contributed by atoms with Gasteiger partial charge < -0.3 is 14.8 Å². The van der Waals surface area contributed by atoms with Crippen LogP contribution in [0.5, 0.6) is 5.75 Å². The lowest BCUT2D eigenvalue weighted by Gasteiger charge is -2.33. The van der Waals surface area contributed by atoms with Crippen molar-refractivity contribution in [1.29, 1.82) is 0 Å². The van der Waals surface area contributed by atoms with E-state index in [0.29, 0.717) is 13.2 Å². The van der Waals surface area contributed by atoms with E-state index in [0.717, 1.165) is 41.8 Å². The zero-order chi connectivity index (χ0) is 16.8. The lowest BCUT2D eigenvalue weighted by molar-refractivity contribution is -0.0242. The molecule has 1 fully saturated rings. The Morgan fingerprint density at radius 2 is 2.33 bits per heavy atom. The maximum Gasteiger partial charge on any atom is 0.148 e. The number of nitrogens with one attached hydrogen (secondary N) is 1. The average Bonchev–Trinajstić information content (AvgIpc) is 2.61. The van der Waals surface area contributed by atoms with Crippen LogP contribution in [-0.2, 0) is 11.3 Å². The quantitative estimate of drug-likeness (QED) is 0.865. The fourth-order valence-corrected chi connectivity index (χ4v) is 2.97. The summed E-state index contributed by atoms with van der Waals surface area (Å²) in [5.74, 6) is 1.62. The van der Waals surface area contributed by atoms with Crippen molar-refractivity contribution in [1.82, 2.24) is 15.1 Å². The molecule has 1 aliphatic rings. The maximum absolute atomic E-state index is 6.12. The number of methoxy groups -OCH3 is 1. The molecule has 2 aromatic rings. The van der Waals surface area contributed by atoms with E-state index in [1.807, 2.05) is 30.3 Å². The monoisotopic (exact) mass is 348 g/mol. The van der Waals surface area contributed by atoms with Crippen LogP contribution in [0, 0.1) is 0 Å². The Labute approximate surface area is 146 Å². The molecule has 0 bridgehead atoms. The Hall–Kier alpha value is -1.89. The van der Waals surface area contributed by atoms with Crippen LogP contribution >= 0.6 is 11.6 Å². The Morgan fingerprint density at radius 1 is 1.42 bits per heavy atom. The van der Waals surface area contributed by atoms with E-state index < -0.39 is 0 Å². The summed E-state index contributed by atoms with van der Waals surface area (Å²) in [6.07, 6.45) is 1.76. The normalized spacial score (nSPS) is 18.3. The molecular weight excluding hydrogens is 328 g/mol. The van der Waals surface area contributed by atoms with E-state index in [-0.39, 0.29) is 6.10 Å². The van der Waals surface area contributed by atoms with Gasteiger partial charge in [0.2, 0.25) is 0 Å². The third-order valence-corrected chi connectivity index (χ3v) is 4.18. The van der Waals surface area contributed by atoms with Gasteiger partial charge in [0.1, 0.15) is 11.6 Å². The topological polar surface area (TPSA) is 59.5 Å². The second-order valence-corrected chi connectivity index (χ2v) is 6.11. The van der Waals surface area contributed by atoms with E-state index in [4.69, 9.17) is 21.1 Å². The van der Waals surface area contributed by atoms with Crippen LogP contribution in [0.15, 0.2) is 36.5 Å². The number of rotatable bonds is 6. The first-order valence-electron chi connectivity index (χ1n) is 7.92. The summed E-state index contributed by atoms with van der Waals surface area (Å²) in [4.78, 5) is 2.35. The molecule has 0 amide bonds. The molecule has 6 nitrogen and oxygen atoms in total. The molecule has 0 radical (unpaired) electrons. The van der Waals surface area contributed by atoms with Crippen LogP contribution in [0.2, 0.25) is 5.02 Å². The van der Waals surface area contributed by atoms with Gasteiger partial charge >= 0.3 is 0 Å². The van der Waals surface area contributed by atoms with Crippen molar-refractivity contribution in [2.24, 2.45) is 0 Å². The fourth-order valence-electron chi connectivity index (χ4n) is 2.77. The Bertz CT molecular complexity index is 656. The van der Waals surface area contributed by atoms with Gasteiger partial charge in [-0.1, -0.05) is 11.6 Å². The molecule has 1 aliphatic heterocycles. The number of halogens is 1. The number of hydrogen-bond donors (Lipinski definition) is 1. The van der Waals surface area contributed by atoms with Gasteiger partial charge in [0.15, 0.2) is 0 Å². The summed E-state index contributed by atoms with van der Waals surface area (Å²) in [5.41, 5.74) is 1.09. The Kier molecular flexibility index (Phi) is 5.85. The molecular formula is C17H21ClN4O2. The standard InChI is InChI=1S/C17H21ClN4O2/c1-23-16-5-4-14(18)9-13(16)11-22-7-8-24-15(12-22)10-19-17-3-2-6-20-21-17/h2-6,9,15H,7-8,10-12H2,1H3,(H,19,21).